The summed E-state index contributed by atoms with van der Waals surface area (Å²) in [4.78, 5) is 12.9. The predicted octanol–water partition coefficient (Wildman–Crippen LogP) is 6.09. The van der Waals surface area contributed by atoms with E-state index in [1.54, 1.807) is 12.1 Å². The molecule has 0 heterocycles. The van der Waals surface area contributed by atoms with Gasteiger partial charge in [-0.2, -0.15) is 4.31 Å². The van der Waals surface area contributed by atoms with Gasteiger partial charge in [-0.25, -0.2) is 8.42 Å². The number of amides is 1. The Morgan fingerprint density at radius 1 is 0.906 bits per heavy atom. The summed E-state index contributed by atoms with van der Waals surface area (Å²) in [6.07, 6.45) is 0. The van der Waals surface area contributed by atoms with Crippen LogP contribution in [0.1, 0.15) is 16.7 Å². The summed E-state index contributed by atoms with van der Waals surface area (Å²) in [7, 11) is -4.03. The molecule has 0 saturated carbocycles. The molecule has 9 heteroatoms. The molecule has 3 aromatic carbocycles. The lowest BCUT2D eigenvalue weighted by atomic mass is 10.1. The van der Waals surface area contributed by atoms with Crippen LogP contribution in [-0.4, -0.2) is 25.2 Å². The van der Waals surface area contributed by atoms with Crippen molar-refractivity contribution in [3.8, 4) is 0 Å². The number of nitrogens with zero attached hydrogens (tertiary/aromatic N) is 1. The zero-order valence-electron chi connectivity index (χ0n) is 17.4. The number of carbonyl (C=O) groups is 1. The SMILES string of the molecule is Cc1cccc(C)c1NC(=O)CN(Cc1ccc(Cl)cc1Cl)S(=O)(=O)c1ccc(Cl)cc1. The van der Waals surface area contributed by atoms with E-state index in [0.717, 1.165) is 15.4 Å². The van der Waals surface area contributed by atoms with Crippen molar-refractivity contribution in [2.75, 3.05) is 11.9 Å². The van der Waals surface area contributed by atoms with E-state index in [9.17, 15) is 13.2 Å². The van der Waals surface area contributed by atoms with Crippen LogP contribution in [0, 0.1) is 13.8 Å². The number of rotatable bonds is 7. The first-order valence-electron chi connectivity index (χ1n) is 9.63. The van der Waals surface area contributed by atoms with Crippen LogP contribution in [0.2, 0.25) is 15.1 Å². The highest BCUT2D eigenvalue weighted by atomic mass is 35.5. The van der Waals surface area contributed by atoms with E-state index in [1.807, 2.05) is 32.0 Å². The molecule has 0 spiro atoms. The molecule has 5 nitrogen and oxygen atoms in total. The standard InChI is InChI=1S/C23H21Cl3N2O3S/c1-15-4-3-5-16(2)23(15)27-22(29)14-28(13-17-6-7-19(25)12-21(17)26)32(30,31)20-10-8-18(24)9-11-20/h3-12H,13-14H2,1-2H3,(H,27,29). The lowest BCUT2D eigenvalue weighted by Crippen LogP contribution is -2.37. The van der Waals surface area contributed by atoms with Gasteiger partial charge in [-0.05, 0) is 66.9 Å². The van der Waals surface area contributed by atoms with Gasteiger partial charge in [0, 0.05) is 27.3 Å². The van der Waals surface area contributed by atoms with Gasteiger partial charge < -0.3 is 5.32 Å². The van der Waals surface area contributed by atoms with Crippen molar-refractivity contribution in [3.63, 3.8) is 0 Å². The lowest BCUT2D eigenvalue weighted by molar-refractivity contribution is -0.116. The molecular weight excluding hydrogens is 491 g/mol. The summed E-state index contributed by atoms with van der Waals surface area (Å²) < 4.78 is 27.8. The number of benzene rings is 3. The number of para-hydroxylation sites is 1. The second-order valence-electron chi connectivity index (χ2n) is 7.28. The fourth-order valence-electron chi connectivity index (χ4n) is 3.17. The summed E-state index contributed by atoms with van der Waals surface area (Å²) >= 11 is 18.1. The fourth-order valence-corrected chi connectivity index (χ4v) is 5.14. The quantitative estimate of drug-likeness (QED) is 0.417. The number of nitrogens with one attached hydrogen (secondary N) is 1. The third-order valence-electron chi connectivity index (χ3n) is 4.88. The van der Waals surface area contributed by atoms with Crippen molar-refractivity contribution in [3.05, 3.63) is 92.4 Å². The van der Waals surface area contributed by atoms with E-state index in [2.05, 4.69) is 5.32 Å². The Bertz CT molecular complexity index is 1230. The van der Waals surface area contributed by atoms with Crippen LogP contribution < -0.4 is 5.32 Å². The van der Waals surface area contributed by atoms with Gasteiger partial charge in [0.25, 0.3) is 0 Å². The molecule has 168 valence electrons. The Morgan fingerprint density at radius 3 is 2.09 bits per heavy atom. The molecule has 1 N–H and O–H groups in total. The Balaban J connectivity index is 1.94. The van der Waals surface area contributed by atoms with Gasteiger partial charge >= 0.3 is 0 Å². The van der Waals surface area contributed by atoms with Crippen molar-refractivity contribution >= 4 is 56.4 Å². The second-order valence-corrected chi connectivity index (χ2v) is 10.5. The van der Waals surface area contributed by atoms with Gasteiger partial charge in [-0.15, -0.1) is 0 Å². The molecule has 3 aromatic rings. The predicted molar refractivity (Wildman–Crippen MR) is 130 cm³/mol. The average molecular weight is 512 g/mol. The van der Waals surface area contributed by atoms with E-state index >= 15 is 0 Å². The van der Waals surface area contributed by atoms with E-state index in [0.29, 0.717) is 26.3 Å². The largest absolute Gasteiger partial charge is 0.324 e. The number of aryl methyl sites for hydroxylation is 2. The van der Waals surface area contributed by atoms with Crippen LogP contribution in [0.5, 0.6) is 0 Å². The number of hydrogen-bond acceptors (Lipinski definition) is 3. The first-order valence-corrected chi connectivity index (χ1v) is 12.2. The molecule has 0 aromatic heterocycles. The van der Waals surface area contributed by atoms with Crippen LogP contribution in [0.4, 0.5) is 5.69 Å². The van der Waals surface area contributed by atoms with Gasteiger partial charge in [-0.3, -0.25) is 4.79 Å². The highest BCUT2D eigenvalue weighted by Gasteiger charge is 2.28. The van der Waals surface area contributed by atoms with Crippen molar-refractivity contribution in [2.24, 2.45) is 0 Å². The summed E-state index contributed by atoms with van der Waals surface area (Å²) in [6.45, 7) is 3.23. The molecule has 0 bridgehead atoms. The molecule has 0 aliphatic heterocycles. The van der Waals surface area contributed by atoms with E-state index in [-0.39, 0.29) is 11.4 Å². The monoisotopic (exact) mass is 510 g/mol. The molecule has 0 atom stereocenters. The van der Waals surface area contributed by atoms with E-state index in [1.165, 1.54) is 30.3 Å². The van der Waals surface area contributed by atoms with E-state index in [4.69, 9.17) is 34.8 Å². The minimum absolute atomic E-state index is 0.0202. The molecule has 0 aliphatic carbocycles. The minimum Gasteiger partial charge on any atom is -0.324 e. The van der Waals surface area contributed by atoms with Gasteiger partial charge in [0.2, 0.25) is 15.9 Å². The van der Waals surface area contributed by atoms with Crippen LogP contribution in [-0.2, 0) is 21.4 Å². The van der Waals surface area contributed by atoms with Crippen LogP contribution in [0.3, 0.4) is 0 Å². The van der Waals surface area contributed by atoms with Gasteiger partial charge in [0.1, 0.15) is 0 Å². The molecular formula is C23H21Cl3N2O3S. The maximum atomic E-state index is 13.4. The highest BCUT2D eigenvalue weighted by molar-refractivity contribution is 7.89. The summed E-state index contributed by atoms with van der Waals surface area (Å²) in [5, 5.41) is 3.98. The first kappa shape index (κ1) is 24.6. The Kier molecular flexibility index (Phi) is 7.85. The number of hydrogen-bond donors (Lipinski definition) is 1. The van der Waals surface area contributed by atoms with Crippen LogP contribution in [0.15, 0.2) is 65.6 Å². The Hall–Kier alpha value is -2.09. The van der Waals surface area contributed by atoms with Gasteiger partial charge in [0.15, 0.2) is 0 Å². The van der Waals surface area contributed by atoms with Crippen molar-refractivity contribution < 1.29 is 13.2 Å². The summed E-state index contributed by atoms with van der Waals surface area (Å²) in [6, 6.07) is 16.2. The first-order chi connectivity index (χ1) is 15.1. The molecule has 0 aliphatic rings. The molecule has 1 amide bonds. The topological polar surface area (TPSA) is 66.5 Å². The molecule has 0 saturated heterocycles. The number of halogens is 3. The van der Waals surface area contributed by atoms with Gasteiger partial charge in [-0.1, -0.05) is 59.1 Å². The van der Waals surface area contributed by atoms with E-state index < -0.39 is 22.5 Å². The van der Waals surface area contributed by atoms with Crippen molar-refractivity contribution in [1.29, 1.82) is 0 Å². The third kappa shape index (κ3) is 5.82. The van der Waals surface area contributed by atoms with Crippen LogP contribution >= 0.6 is 34.8 Å². The summed E-state index contributed by atoms with van der Waals surface area (Å²) in [5.74, 6) is -0.468. The molecule has 0 fully saturated rings. The number of sulfonamides is 1. The van der Waals surface area contributed by atoms with Gasteiger partial charge in [0.05, 0.1) is 11.4 Å². The Morgan fingerprint density at radius 2 is 1.50 bits per heavy atom. The fraction of sp³-hybridized carbons (Fsp3) is 0.174. The Labute approximate surface area is 203 Å². The number of anilines is 1. The minimum atomic E-state index is -4.03. The normalized spacial score (nSPS) is 11.6. The maximum Gasteiger partial charge on any atom is 0.243 e. The zero-order chi connectivity index (χ0) is 23.5. The maximum absolute atomic E-state index is 13.4. The highest BCUT2D eigenvalue weighted by Crippen LogP contribution is 2.26. The smallest absolute Gasteiger partial charge is 0.243 e. The summed E-state index contributed by atoms with van der Waals surface area (Å²) in [5.41, 5.74) is 2.94. The molecule has 0 radical (unpaired) electrons. The molecule has 0 unspecified atom stereocenters. The zero-order valence-corrected chi connectivity index (χ0v) is 20.5. The lowest BCUT2D eigenvalue weighted by Gasteiger charge is -2.23. The average Bonchev–Trinajstić information content (AvgIpc) is 2.72. The van der Waals surface area contributed by atoms with Crippen LogP contribution in [0.25, 0.3) is 0 Å². The number of carbonyl (C=O) groups excluding carboxylic acids is 1. The molecule has 3 rings (SSSR count). The second kappa shape index (κ2) is 10.2. The molecule has 32 heavy (non-hydrogen) atoms. The van der Waals surface area contributed by atoms with Crippen molar-refractivity contribution in [2.45, 2.75) is 25.3 Å². The third-order valence-corrected chi connectivity index (χ3v) is 7.52. The van der Waals surface area contributed by atoms with Crippen molar-refractivity contribution in [1.82, 2.24) is 4.31 Å².